The number of nitro benzene ring substituents is 1. The number of nitro groups is 1. The van der Waals surface area contributed by atoms with E-state index in [1.807, 2.05) is 17.5 Å². The summed E-state index contributed by atoms with van der Waals surface area (Å²) in [6, 6.07) is 10.4. The summed E-state index contributed by atoms with van der Waals surface area (Å²) in [4.78, 5) is 16.3. The zero-order valence-electron chi connectivity index (χ0n) is 15.4. The van der Waals surface area contributed by atoms with Gasteiger partial charge in [0.25, 0.3) is 5.69 Å². The average molecular weight is 395 g/mol. The molecule has 1 aromatic carbocycles. The van der Waals surface area contributed by atoms with E-state index < -0.39 is 4.92 Å². The molecule has 0 unspecified atom stereocenters. The van der Waals surface area contributed by atoms with E-state index in [0.29, 0.717) is 5.69 Å². The monoisotopic (exact) mass is 395 g/mol. The SMILES string of the molecule is O=[N+]([O-])c1ccccc1N=c1scc(-c2ccco2)n1CCC1=CCCCC1. The van der Waals surface area contributed by atoms with Crippen LogP contribution in [0, 0.1) is 10.1 Å². The molecule has 1 aliphatic rings. The number of nitrogens with zero attached hydrogens (tertiary/aromatic N) is 3. The quantitative estimate of drug-likeness (QED) is 0.299. The standard InChI is InChI=1S/C21H21N3O3S/c25-24(26)18-10-5-4-9-17(18)22-21-23(13-12-16-7-2-1-3-8-16)19(15-28-21)20-11-6-14-27-20/h4-7,9-11,14-15H,1-3,8,12-13H2. The molecule has 28 heavy (non-hydrogen) atoms. The van der Waals surface area contributed by atoms with Gasteiger partial charge in [-0.05, 0) is 50.3 Å². The van der Waals surface area contributed by atoms with E-state index in [0.717, 1.165) is 42.1 Å². The Morgan fingerprint density at radius 1 is 1.21 bits per heavy atom. The topological polar surface area (TPSA) is 73.6 Å². The minimum absolute atomic E-state index is 0.0111. The molecule has 0 bridgehead atoms. The second-order valence-electron chi connectivity index (χ2n) is 6.75. The molecule has 0 aliphatic heterocycles. The van der Waals surface area contributed by atoms with Gasteiger partial charge < -0.3 is 8.98 Å². The zero-order chi connectivity index (χ0) is 19.3. The first-order valence-corrected chi connectivity index (χ1v) is 10.3. The van der Waals surface area contributed by atoms with E-state index in [1.54, 1.807) is 24.5 Å². The van der Waals surface area contributed by atoms with Crippen molar-refractivity contribution >= 4 is 22.7 Å². The Balaban J connectivity index is 1.75. The van der Waals surface area contributed by atoms with Crippen molar-refractivity contribution in [3.8, 4) is 11.5 Å². The molecule has 0 amide bonds. The fraction of sp³-hybridized carbons (Fsp3) is 0.286. The minimum atomic E-state index is -0.392. The van der Waals surface area contributed by atoms with Crippen LogP contribution in [-0.4, -0.2) is 9.49 Å². The van der Waals surface area contributed by atoms with Crippen molar-refractivity contribution in [1.82, 2.24) is 4.57 Å². The number of aromatic nitrogens is 1. The summed E-state index contributed by atoms with van der Waals surface area (Å²) in [5.41, 5.74) is 2.80. The number of hydrogen-bond donors (Lipinski definition) is 0. The molecule has 3 aromatic rings. The molecular weight excluding hydrogens is 374 g/mol. The van der Waals surface area contributed by atoms with Gasteiger partial charge in [0.05, 0.1) is 16.9 Å². The van der Waals surface area contributed by atoms with Gasteiger partial charge in [-0.2, -0.15) is 0 Å². The van der Waals surface area contributed by atoms with Crippen LogP contribution in [0.5, 0.6) is 0 Å². The van der Waals surface area contributed by atoms with E-state index in [9.17, 15) is 10.1 Å². The highest BCUT2D eigenvalue weighted by Crippen LogP contribution is 2.28. The van der Waals surface area contributed by atoms with Crippen molar-refractivity contribution in [3.05, 3.63) is 74.6 Å². The molecule has 1 aliphatic carbocycles. The summed E-state index contributed by atoms with van der Waals surface area (Å²) in [6.07, 6.45) is 9.78. The van der Waals surface area contributed by atoms with Crippen LogP contribution in [0.4, 0.5) is 11.4 Å². The molecule has 0 saturated carbocycles. The third kappa shape index (κ3) is 3.99. The molecule has 0 fully saturated rings. The molecule has 144 valence electrons. The second kappa shape index (κ2) is 8.39. The van der Waals surface area contributed by atoms with E-state index in [2.05, 4.69) is 15.6 Å². The Hall–Kier alpha value is -2.93. The lowest BCUT2D eigenvalue weighted by molar-refractivity contribution is -0.384. The van der Waals surface area contributed by atoms with Crippen molar-refractivity contribution in [3.63, 3.8) is 0 Å². The lowest BCUT2D eigenvalue weighted by Crippen LogP contribution is -2.16. The maximum absolute atomic E-state index is 11.3. The number of allylic oxidation sites excluding steroid dienone is 2. The molecule has 2 aromatic heterocycles. The van der Waals surface area contributed by atoms with Crippen LogP contribution in [-0.2, 0) is 6.54 Å². The third-order valence-corrected chi connectivity index (χ3v) is 5.77. The molecule has 0 radical (unpaired) electrons. The smallest absolute Gasteiger partial charge is 0.294 e. The first-order chi connectivity index (χ1) is 13.7. The number of hydrogen-bond acceptors (Lipinski definition) is 5. The Bertz CT molecular complexity index is 1060. The van der Waals surface area contributed by atoms with Crippen LogP contribution in [0.2, 0.25) is 0 Å². The molecule has 0 N–H and O–H groups in total. The average Bonchev–Trinajstić information content (AvgIpc) is 3.37. The van der Waals surface area contributed by atoms with Crippen LogP contribution < -0.4 is 4.80 Å². The van der Waals surface area contributed by atoms with Gasteiger partial charge in [0, 0.05) is 18.0 Å². The van der Waals surface area contributed by atoms with E-state index in [1.165, 1.54) is 35.8 Å². The Morgan fingerprint density at radius 2 is 2.11 bits per heavy atom. The summed E-state index contributed by atoms with van der Waals surface area (Å²) in [6.45, 7) is 0.769. The van der Waals surface area contributed by atoms with Gasteiger partial charge in [0.2, 0.25) is 0 Å². The number of benzene rings is 1. The van der Waals surface area contributed by atoms with Crippen LogP contribution in [0.1, 0.15) is 32.1 Å². The maximum Gasteiger partial charge on any atom is 0.294 e. The minimum Gasteiger partial charge on any atom is -0.463 e. The predicted molar refractivity (Wildman–Crippen MR) is 109 cm³/mol. The van der Waals surface area contributed by atoms with Crippen molar-refractivity contribution in [1.29, 1.82) is 0 Å². The van der Waals surface area contributed by atoms with Gasteiger partial charge in [-0.25, -0.2) is 4.99 Å². The third-order valence-electron chi connectivity index (χ3n) is 4.91. The van der Waals surface area contributed by atoms with E-state index in [4.69, 9.17) is 4.42 Å². The highest BCUT2D eigenvalue weighted by atomic mass is 32.1. The second-order valence-corrected chi connectivity index (χ2v) is 7.58. The molecular formula is C21H21N3O3S. The summed E-state index contributed by atoms with van der Waals surface area (Å²) < 4.78 is 7.71. The van der Waals surface area contributed by atoms with Crippen molar-refractivity contribution < 1.29 is 9.34 Å². The normalized spacial score (nSPS) is 14.9. The summed E-state index contributed by atoms with van der Waals surface area (Å²) >= 11 is 1.47. The van der Waals surface area contributed by atoms with Crippen molar-refractivity contribution in [2.75, 3.05) is 0 Å². The Labute approximate surface area is 166 Å². The van der Waals surface area contributed by atoms with Gasteiger partial charge in [0.1, 0.15) is 5.69 Å². The van der Waals surface area contributed by atoms with Crippen LogP contribution in [0.15, 0.2) is 69.1 Å². The summed E-state index contributed by atoms with van der Waals surface area (Å²) in [7, 11) is 0. The maximum atomic E-state index is 11.3. The molecule has 0 spiro atoms. The molecule has 6 nitrogen and oxygen atoms in total. The number of thiazole rings is 1. The highest BCUT2D eigenvalue weighted by Gasteiger charge is 2.15. The lowest BCUT2D eigenvalue weighted by Gasteiger charge is -2.14. The largest absolute Gasteiger partial charge is 0.463 e. The molecule has 4 rings (SSSR count). The van der Waals surface area contributed by atoms with Crippen molar-refractivity contribution in [2.24, 2.45) is 4.99 Å². The highest BCUT2D eigenvalue weighted by molar-refractivity contribution is 7.07. The number of para-hydroxylation sites is 2. The van der Waals surface area contributed by atoms with Crippen LogP contribution in [0.25, 0.3) is 11.5 Å². The summed E-state index contributed by atoms with van der Waals surface area (Å²) in [5.74, 6) is 0.776. The first kappa shape index (κ1) is 18.4. The fourth-order valence-electron chi connectivity index (χ4n) is 3.46. The number of furan rings is 1. The van der Waals surface area contributed by atoms with Crippen molar-refractivity contribution in [2.45, 2.75) is 38.6 Å². The van der Waals surface area contributed by atoms with E-state index >= 15 is 0 Å². The summed E-state index contributed by atoms with van der Waals surface area (Å²) in [5, 5.41) is 13.3. The van der Waals surface area contributed by atoms with Crippen LogP contribution >= 0.6 is 11.3 Å². The zero-order valence-corrected chi connectivity index (χ0v) is 16.2. The van der Waals surface area contributed by atoms with Crippen LogP contribution in [0.3, 0.4) is 0 Å². The fourth-order valence-corrected chi connectivity index (χ4v) is 4.39. The number of rotatable bonds is 6. The van der Waals surface area contributed by atoms with Gasteiger partial charge >= 0.3 is 0 Å². The van der Waals surface area contributed by atoms with Gasteiger partial charge in [-0.1, -0.05) is 23.8 Å². The molecule has 2 heterocycles. The first-order valence-electron chi connectivity index (χ1n) is 9.40. The van der Waals surface area contributed by atoms with E-state index in [-0.39, 0.29) is 5.69 Å². The molecule has 0 saturated heterocycles. The molecule has 7 heteroatoms. The van der Waals surface area contributed by atoms with Gasteiger partial charge in [0.15, 0.2) is 10.6 Å². The lowest BCUT2D eigenvalue weighted by atomic mass is 9.97. The van der Waals surface area contributed by atoms with Gasteiger partial charge in [-0.15, -0.1) is 11.3 Å². The predicted octanol–water partition coefficient (Wildman–Crippen LogP) is 5.84. The van der Waals surface area contributed by atoms with Gasteiger partial charge in [-0.3, -0.25) is 10.1 Å². The molecule has 0 atom stereocenters. The Kier molecular flexibility index (Phi) is 5.53. The Morgan fingerprint density at radius 3 is 2.86 bits per heavy atom.